The van der Waals surface area contributed by atoms with Gasteiger partial charge in [-0.3, -0.25) is 0 Å². The molecule has 1 aromatic carbocycles. The molecule has 1 aliphatic rings. The summed E-state index contributed by atoms with van der Waals surface area (Å²) in [6.45, 7) is 0. The van der Waals surface area contributed by atoms with E-state index in [4.69, 9.17) is 0 Å². The van der Waals surface area contributed by atoms with Gasteiger partial charge in [-0.25, -0.2) is 4.98 Å². The third-order valence-electron chi connectivity index (χ3n) is 2.96. The van der Waals surface area contributed by atoms with Crippen molar-refractivity contribution in [1.29, 1.82) is 0 Å². The van der Waals surface area contributed by atoms with Crippen LogP contribution >= 0.6 is 0 Å². The average Bonchev–Trinajstić information content (AvgIpc) is 2.84. The second kappa shape index (κ2) is 3.21. The summed E-state index contributed by atoms with van der Waals surface area (Å²) in [4.78, 5) is 4.17. The second-order valence-corrected chi connectivity index (χ2v) is 3.87. The van der Waals surface area contributed by atoms with Crippen molar-refractivity contribution in [1.82, 2.24) is 9.55 Å². The lowest BCUT2D eigenvalue weighted by atomic mass is 10.0. The van der Waals surface area contributed by atoms with Gasteiger partial charge in [0, 0.05) is 18.8 Å². The minimum Gasteiger partial charge on any atom is -0.385 e. The van der Waals surface area contributed by atoms with E-state index in [9.17, 15) is 5.11 Å². The summed E-state index contributed by atoms with van der Waals surface area (Å²) < 4.78 is 2.06. The summed E-state index contributed by atoms with van der Waals surface area (Å²) in [5.74, 6) is 0.781. The molecule has 3 heteroatoms. The highest BCUT2D eigenvalue weighted by Crippen LogP contribution is 2.36. The molecule has 1 N–H and O–H groups in total. The monoisotopic (exact) mass is 200 g/mol. The Hall–Kier alpha value is -1.61. The third kappa shape index (κ3) is 1.27. The Morgan fingerprint density at radius 2 is 2.07 bits per heavy atom. The van der Waals surface area contributed by atoms with Crippen LogP contribution in [0.1, 0.15) is 30.0 Å². The highest BCUT2D eigenvalue weighted by Gasteiger charge is 2.30. The van der Waals surface area contributed by atoms with E-state index in [1.807, 2.05) is 24.4 Å². The lowest BCUT2D eigenvalue weighted by Gasteiger charge is -2.12. The molecule has 0 saturated heterocycles. The molecule has 3 rings (SSSR count). The standard InChI is InChI=1S/C12H12N2O/c15-11-8-10(9-4-2-1-3-5-9)14-7-6-13-12(11)14/h1-7,10-11,15H,8H2/t10-,11-/m1/s1. The van der Waals surface area contributed by atoms with E-state index < -0.39 is 6.10 Å². The molecule has 1 aromatic heterocycles. The van der Waals surface area contributed by atoms with Gasteiger partial charge in [0.2, 0.25) is 0 Å². The number of rotatable bonds is 1. The number of aliphatic hydroxyl groups is 1. The van der Waals surface area contributed by atoms with E-state index >= 15 is 0 Å². The van der Waals surface area contributed by atoms with Crippen molar-refractivity contribution in [2.24, 2.45) is 0 Å². The first-order valence-electron chi connectivity index (χ1n) is 5.12. The van der Waals surface area contributed by atoms with Gasteiger partial charge in [0.05, 0.1) is 6.04 Å². The number of aliphatic hydroxyl groups excluding tert-OH is 1. The maximum atomic E-state index is 9.82. The van der Waals surface area contributed by atoms with E-state index in [2.05, 4.69) is 21.7 Å². The Morgan fingerprint density at radius 1 is 1.27 bits per heavy atom. The first-order valence-corrected chi connectivity index (χ1v) is 5.12. The fourth-order valence-electron chi connectivity index (χ4n) is 2.25. The van der Waals surface area contributed by atoms with Crippen molar-refractivity contribution in [3.8, 4) is 0 Å². The number of hydrogen-bond acceptors (Lipinski definition) is 2. The van der Waals surface area contributed by atoms with E-state index in [1.165, 1.54) is 5.56 Å². The van der Waals surface area contributed by atoms with Gasteiger partial charge in [0.15, 0.2) is 0 Å². The van der Waals surface area contributed by atoms with Crippen LogP contribution in [0.4, 0.5) is 0 Å². The predicted molar refractivity (Wildman–Crippen MR) is 56.4 cm³/mol. The largest absolute Gasteiger partial charge is 0.385 e. The molecule has 2 aromatic rings. The van der Waals surface area contributed by atoms with Gasteiger partial charge in [-0.15, -0.1) is 0 Å². The number of aromatic nitrogens is 2. The number of nitrogens with zero attached hydrogens (tertiary/aromatic N) is 2. The topological polar surface area (TPSA) is 38.0 Å². The quantitative estimate of drug-likeness (QED) is 0.763. The van der Waals surface area contributed by atoms with Gasteiger partial charge < -0.3 is 9.67 Å². The average molecular weight is 200 g/mol. The SMILES string of the molecule is O[C@@H]1C[C@H](c2ccccc2)n2ccnc21. The molecule has 0 unspecified atom stereocenters. The van der Waals surface area contributed by atoms with Gasteiger partial charge in [-0.1, -0.05) is 30.3 Å². The van der Waals surface area contributed by atoms with Crippen LogP contribution in [0, 0.1) is 0 Å². The maximum Gasteiger partial charge on any atom is 0.138 e. The van der Waals surface area contributed by atoms with Crippen LogP contribution in [0.2, 0.25) is 0 Å². The van der Waals surface area contributed by atoms with Crippen molar-refractivity contribution in [3.63, 3.8) is 0 Å². The van der Waals surface area contributed by atoms with E-state index in [-0.39, 0.29) is 6.04 Å². The highest BCUT2D eigenvalue weighted by molar-refractivity contribution is 5.24. The van der Waals surface area contributed by atoms with Gasteiger partial charge in [-0.05, 0) is 5.56 Å². The molecule has 15 heavy (non-hydrogen) atoms. The molecular weight excluding hydrogens is 188 g/mol. The fraction of sp³-hybridized carbons (Fsp3) is 0.250. The van der Waals surface area contributed by atoms with Crippen LogP contribution < -0.4 is 0 Å². The van der Waals surface area contributed by atoms with Crippen LogP contribution in [0.3, 0.4) is 0 Å². The molecule has 0 fully saturated rings. The van der Waals surface area contributed by atoms with Crippen molar-refractivity contribution in [2.45, 2.75) is 18.6 Å². The van der Waals surface area contributed by atoms with Crippen LogP contribution in [0.15, 0.2) is 42.7 Å². The number of hydrogen-bond donors (Lipinski definition) is 1. The molecule has 0 aliphatic carbocycles. The van der Waals surface area contributed by atoms with Crippen molar-refractivity contribution >= 4 is 0 Å². The first kappa shape index (κ1) is 8.68. The molecule has 0 spiro atoms. The summed E-state index contributed by atoms with van der Waals surface area (Å²) in [5.41, 5.74) is 1.23. The Bertz CT molecular complexity index is 463. The highest BCUT2D eigenvalue weighted by atomic mass is 16.3. The van der Waals surface area contributed by atoms with Gasteiger partial charge in [0.1, 0.15) is 11.9 Å². The zero-order valence-electron chi connectivity index (χ0n) is 8.24. The molecule has 3 nitrogen and oxygen atoms in total. The Morgan fingerprint density at radius 3 is 2.87 bits per heavy atom. The smallest absolute Gasteiger partial charge is 0.138 e. The van der Waals surface area contributed by atoms with Crippen LogP contribution in [0.25, 0.3) is 0 Å². The molecule has 0 bridgehead atoms. The second-order valence-electron chi connectivity index (χ2n) is 3.87. The lowest BCUT2D eigenvalue weighted by Crippen LogP contribution is -2.03. The summed E-state index contributed by atoms with van der Waals surface area (Å²) in [5, 5.41) is 9.82. The van der Waals surface area contributed by atoms with Crippen molar-refractivity contribution < 1.29 is 5.11 Å². The third-order valence-corrected chi connectivity index (χ3v) is 2.96. The van der Waals surface area contributed by atoms with Gasteiger partial charge in [0.25, 0.3) is 0 Å². The molecule has 2 heterocycles. The number of imidazole rings is 1. The predicted octanol–water partition coefficient (Wildman–Crippen LogP) is 1.91. The molecule has 0 saturated carbocycles. The minimum atomic E-state index is -0.426. The van der Waals surface area contributed by atoms with Crippen LogP contribution in [-0.2, 0) is 0 Å². The Kier molecular flexibility index (Phi) is 1.86. The maximum absolute atomic E-state index is 9.82. The molecule has 1 aliphatic heterocycles. The zero-order chi connectivity index (χ0) is 10.3. The Labute approximate surface area is 88.0 Å². The minimum absolute atomic E-state index is 0.235. The summed E-state index contributed by atoms with van der Waals surface area (Å²) in [7, 11) is 0. The van der Waals surface area contributed by atoms with Crippen LogP contribution in [-0.4, -0.2) is 14.7 Å². The zero-order valence-corrected chi connectivity index (χ0v) is 8.24. The van der Waals surface area contributed by atoms with Gasteiger partial charge >= 0.3 is 0 Å². The van der Waals surface area contributed by atoms with E-state index in [1.54, 1.807) is 6.20 Å². The molecular formula is C12H12N2O. The normalized spacial score (nSPS) is 24.1. The number of benzene rings is 1. The molecule has 0 amide bonds. The molecule has 76 valence electrons. The Balaban J connectivity index is 2.05. The van der Waals surface area contributed by atoms with Crippen molar-refractivity contribution in [3.05, 3.63) is 54.1 Å². The summed E-state index contributed by atoms with van der Waals surface area (Å²) in [6.07, 6.45) is 3.98. The van der Waals surface area contributed by atoms with Crippen molar-refractivity contribution in [2.75, 3.05) is 0 Å². The summed E-state index contributed by atoms with van der Waals surface area (Å²) in [6, 6.07) is 10.5. The fourth-order valence-corrected chi connectivity index (χ4v) is 2.25. The molecule has 0 radical (unpaired) electrons. The van der Waals surface area contributed by atoms with Gasteiger partial charge in [-0.2, -0.15) is 0 Å². The lowest BCUT2D eigenvalue weighted by molar-refractivity contribution is 0.172. The van der Waals surface area contributed by atoms with E-state index in [0.29, 0.717) is 0 Å². The van der Waals surface area contributed by atoms with E-state index in [0.717, 1.165) is 12.2 Å². The molecule has 2 atom stereocenters. The number of fused-ring (bicyclic) bond motifs is 1. The first-order chi connectivity index (χ1) is 7.36. The summed E-state index contributed by atoms with van der Waals surface area (Å²) >= 11 is 0. The van der Waals surface area contributed by atoms with Crippen LogP contribution in [0.5, 0.6) is 0 Å².